The van der Waals surface area contributed by atoms with E-state index in [0.29, 0.717) is 18.9 Å². The predicted molar refractivity (Wildman–Crippen MR) is 120 cm³/mol. The number of hydrogen-bond donors (Lipinski definition) is 2. The molecule has 0 saturated heterocycles. The number of ether oxygens (including phenoxy) is 1. The molecule has 0 aliphatic rings. The molecule has 0 atom stereocenters. The van der Waals surface area contributed by atoms with Gasteiger partial charge in [-0.2, -0.15) is 0 Å². The third kappa shape index (κ3) is 5.09. The average Bonchev–Trinajstić information content (AvgIpc) is 3.30. The highest BCUT2D eigenvalue weighted by Crippen LogP contribution is 2.25. The quantitative estimate of drug-likeness (QED) is 0.403. The van der Waals surface area contributed by atoms with E-state index >= 15 is 0 Å². The lowest BCUT2D eigenvalue weighted by molar-refractivity contribution is 0.0920. The smallest absolute Gasteiger partial charge is 0.347 e. The minimum atomic E-state index is -0.738. The Labute approximate surface area is 193 Å². The number of nitrogens with two attached hydrogens (primary N) is 1. The molecule has 0 spiro atoms. The molecule has 3 heterocycles. The lowest BCUT2D eigenvalue weighted by Crippen LogP contribution is -2.23. The summed E-state index contributed by atoms with van der Waals surface area (Å²) in [6.07, 6.45) is 6.07. The Morgan fingerprint density at radius 2 is 1.94 bits per heavy atom. The van der Waals surface area contributed by atoms with E-state index in [9.17, 15) is 14.0 Å². The van der Waals surface area contributed by atoms with Crippen molar-refractivity contribution in [2.45, 2.75) is 19.5 Å². The van der Waals surface area contributed by atoms with Gasteiger partial charge in [-0.25, -0.2) is 19.2 Å². The van der Waals surface area contributed by atoms with Gasteiger partial charge in [-0.05, 0) is 17.2 Å². The van der Waals surface area contributed by atoms with Crippen LogP contribution in [0.2, 0.25) is 0 Å². The number of nitrogens with one attached hydrogen (secondary N) is 1. The zero-order valence-electron chi connectivity index (χ0n) is 18.2. The molecule has 3 aromatic heterocycles. The SMILES string of the molecule is COc1c(N)cnc(CNC(=O)c2cnc(Cc3ccc(Cn4cccnc4=O)cc3)o2)c1F. The first-order valence-corrected chi connectivity index (χ1v) is 10.2. The molecular formula is C23H21FN6O4. The number of carbonyl (C=O) groups excluding carboxylic acids is 1. The summed E-state index contributed by atoms with van der Waals surface area (Å²) in [5, 5.41) is 2.53. The van der Waals surface area contributed by atoms with Crippen molar-refractivity contribution in [2.24, 2.45) is 0 Å². The Bertz CT molecular complexity index is 1370. The fraction of sp³-hybridized carbons (Fsp3) is 0.174. The van der Waals surface area contributed by atoms with Gasteiger partial charge in [0.05, 0.1) is 44.0 Å². The lowest BCUT2D eigenvalue weighted by Gasteiger charge is -2.09. The second kappa shape index (κ2) is 9.94. The van der Waals surface area contributed by atoms with Crippen LogP contribution in [0.15, 0.2) is 64.3 Å². The molecule has 10 nitrogen and oxygen atoms in total. The van der Waals surface area contributed by atoms with Crippen molar-refractivity contribution in [2.75, 3.05) is 12.8 Å². The maximum Gasteiger partial charge on any atom is 0.347 e. The van der Waals surface area contributed by atoms with Gasteiger partial charge in [0.15, 0.2) is 17.5 Å². The average molecular weight is 464 g/mol. The van der Waals surface area contributed by atoms with Crippen LogP contribution in [0.25, 0.3) is 0 Å². The number of aromatic nitrogens is 4. The van der Waals surface area contributed by atoms with E-state index in [1.54, 1.807) is 12.3 Å². The number of nitrogen functional groups attached to an aromatic ring is 1. The van der Waals surface area contributed by atoms with Crippen molar-refractivity contribution < 1.29 is 18.3 Å². The first-order valence-electron chi connectivity index (χ1n) is 10.2. The molecule has 4 rings (SSSR count). The molecule has 0 bridgehead atoms. The van der Waals surface area contributed by atoms with Gasteiger partial charge in [-0.3, -0.25) is 14.3 Å². The topological polar surface area (TPSA) is 138 Å². The number of anilines is 1. The third-order valence-electron chi connectivity index (χ3n) is 4.99. The van der Waals surface area contributed by atoms with Crippen molar-refractivity contribution >= 4 is 11.6 Å². The molecule has 3 N–H and O–H groups in total. The second-order valence-electron chi connectivity index (χ2n) is 7.33. The van der Waals surface area contributed by atoms with Crippen LogP contribution in [0.4, 0.5) is 10.1 Å². The largest absolute Gasteiger partial charge is 0.491 e. The normalized spacial score (nSPS) is 10.8. The molecule has 11 heteroatoms. The highest BCUT2D eigenvalue weighted by molar-refractivity contribution is 5.91. The molecular weight excluding hydrogens is 443 g/mol. The summed E-state index contributed by atoms with van der Waals surface area (Å²) >= 11 is 0. The molecule has 0 radical (unpaired) electrons. The molecule has 0 aliphatic heterocycles. The summed E-state index contributed by atoms with van der Waals surface area (Å²) in [6, 6.07) is 9.28. The molecule has 34 heavy (non-hydrogen) atoms. The van der Waals surface area contributed by atoms with Crippen molar-refractivity contribution in [3.05, 3.63) is 99.9 Å². The van der Waals surface area contributed by atoms with E-state index in [2.05, 4.69) is 20.3 Å². The van der Waals surface area contributed by atoms with Crippen LogP contribution in [-0.4, -0.2) is 32.5 Å². The van der Waals surface area contributed by atoms with Crippen LogP contribution in [0, 0.1) is 5.82 Å². The predicted octanol–water partition coefficient (Wildman–Crippen LogP) is 1.93. The fourth-order valence-corrected chi connectivity index (χ4v) is 3.24. The Morgan fingerprint density at radius 1 is 1.18 bits per heavy atom. The molecule has 0 aliphatic carbocycles. The van der Waals surface area contributed by atoms with Gasteiger partial charge >= 0.3 is 5.69 Å². The Morgan fingerprint density at radius 3 is 2.68 bits per heavy atom. The van der Waals surface area contributed by atoms with Crippen LogP contribution >= 0.6 is 0 Å². The van der Waals surface area contributed by atoms with E-state index in [1.807, 2.05) is 24.3 Å². The summed E-state index contributed by atoms with van der Waals surface area (Å²) in [7, 11) is 1.29. The first kappa shape index (κ1) is 22.6. The zero-order chi connectivity index (χ0) is 24.1. The number of oxazole rings is 1. The summed E-state index contributed by atoms with van der Waals surface area (Å²) in [6.45, 7) is 0.227. The number of amides is 1. The first-order chi connectivity index (χ1) is 16.4. The van der Waals surface area contributed by atoms with E-state index in [4.69, 9.17) is 14.9 Å². The van der Waals surface area contributed by atoms with E-state index < -0.39 is 11.7 Å². The van der Waals surface area contributed by atoms with Crippen LogP contribution in [0.1, 0.15) is 33.3 Å². The number of pyridine rings is 1. The van der Waals surface area contributed by atoms with Crippen LogP contribution in [0.5, 0.6) is 5.75 Å². The second-order valence-corrected chi connectivity index (χ2v) is 7.33. The molecule has 1 aromatic carbocycles. The van der Waals surface area contributed by atoms with Gasteiger partial charge < -0.3 is 20.2 Å². The minimum Gasteiger partial charge on any atom is -0.491 e. The lowest BCUT2D eigenvalue weighted by atomic mass is 10.1. The highest BCUT2D eigenvalue weighted by Gasteiger charge is 2.17. The Hall–Kier alpha value is -4.54. The van der Waals surface area contributed by atoms with E-state index in [1.165, 1.54) is 30.3 Å². The number of methoxy groups -OCH3 is 1. The van der Waals surface area contributed by atoms with Gasteiger partial charge in [0, 0.05) is 18.8 Å². The maximum atomic E-state index is 14.3. The summed E-state index contributed by atoms with van der Waals surface area (Å²) < 4.78 is 26.3. The monoisotopic (exact) mass is 464 g/mol. The maximum absolute atomic E-state index is 14.3. The number of nitrogens with zero attached hydrogens (tertiary/aromatic N) is 4. The van der Waals surface area contributed by atoms with Gasteiger partial charge in [0.1, 0.15) is 0 Å². The van der Waals surface area contributed by atoms with Crippen molar-refractivity contribution in [1.29, 1.82) is 0 Å². The van der Waals surface area contributed by atoms with Crippen LogP contribution in [-0.2, 0) is 19.5 Å². The fourth-order valence-electron chi connectivity index (χ4n) is 3.24. The summed E-state index contributed by atoms with van der Waals surface area (Å²) in [4.78, 5) is 35.9. The molecule has 4 aromatic rings. The number of benzene rings is 1. The molecule has 0 unspecified atom stereocenters. The van der Waals surface area contributed by atoms with Gasteiger partial charge in [0.25, 0.3) is 5.91 Å². The number of carbonyl (C=O) groups is 1. The van der Waals surface area contributed by atoms with E-state index in [0.717, 1.165) is 11.1 Å². The molecule has 0 fully saturated rings. The third-order valence-corrected chi connectivity index (χ3v) is 4.99. The number of hydrogen-bond acceptors (Lipinski definition) is 8. The number of halogens is 1. The van der Waals surface area contributed by atoms with E-state index in [-0.39, 0.29) is 35.1 Å². The summed E-state index contributed by atoms with van der Waals surface area (Å²) in [5.41, 5.74) is 7.19. The van der Waals surface area contributed by atoms with Gasteiger partial charge in [-0.1, -0.05) is 24.3 Å². The van der Waals surface area contributed by atoms with Crippen LogP contribution < -0.4 is 21.5 Å². The van der Waals surface area contributed by atoms with Gasteiger partial charge in [0.2, 0.25) is 5.76 Å². The zero-order valence-corrected chi connectivity index (χ0v) is 18.2. The minimum absolute atomic E-state index is 0.00890. The van der Waals surface area contributed by atoms with Crippen molar-refractivity contribution in [3.8, 4) is 5.75 Å². The Kier molecular flexibility index (Phi) is 6.62. The highest BCUT2D eigenvalue weighted by atomic mass is 19.1. The summed E-state index contributed by atoms with van der Waals surface area (Å²) in [5.74, 6) is -1.09. The van der Waals surface area contributed by atoms with Crippen molar-refractivity contribution in [1.82, 2.24) is 24.8 Å². The molecule has 0 saturated carbocycles. The molecule has 1 amide bonds. The standard InChI is InChI=1S/C23H21FN6O4/c1-33-21-16(25)10-27-17(20(21)24)11-29-22(31)18-12-28-19(34-18)9-14-3-5-15(6-4-14)13-30-8-2-7-26-23(30)32/h2-8,10,12H,9,11,13,25H2,1H3,(H,29,31). The van der Waals surface area contributed by atoms with Gasteiger partial charge in [-0.15, -0.1) is 0 Å². The number of rotatable bonds is 8. The van der Waals surface area contributed by atoms with Crippen molar-refractivity contribution in [3.63, 3.8) is 0 Å². The van der Waals surface area contributed by atoms with Crippen LogP contribution in [0.3, 0.4) is 0 Å². The Balaban J connectivity index is 1.35. The molecule has 174 valence electrons.